The van der Waals surface area contributed by atoms with Crippen LogP contribution in [0, 0.1) is 0 Å². The molecule has 0 bridgehead atoms. The van der Waals surface area contributed by atoms with Crippen LogP contribution in [0.1, 0.15) is 0 Å². The second kappa shape index (κ2) is 2.32. The van der Waals surface area contributed by atoms with Crippen molar-refractivity contribution in [3.05, 3.63) is 11.0 Å². The van der Waals surface area contributed by atoms with Crippen LogP contribution in [0.5, 0.6) is 0 Å². The van der Waals surface area contributed by atoms with Crippen LogP contribution in [0.3, 0.4) is 0 Å². The minimum atomic E-state index is -3.36. The third-order valence-corrected chi connectivity index (χ3v) is 3.18. The van der Waals surface area contributed by atoms with Crippen LogP contribution in [0.4, 0.5) is 0 Å². The SMILES string of the molecule is NS(=O)(=O)C1=CCSC1. The summed E-state index contributed by atoms with van der Waals surface area (Å²) in [6.07, 6.45) is 1.65. The molecule has 0 aromatic rings. The van der Waals surface area contributed by atoms with Crippen LogP contribution in [0.25, 0.3) is 0 Å². The lowest BCUT2D eigenvalue weighted by molar-refractivity contribution is 0.604. The lowest BCUT2D eigenvalue weighted by Crippen LogP contribution is -2.14. The third kappa shape index (κ3) is 1.70. The molecule has 0 aromatic heterocycles. The standard InChI is InChI=1S/C4H7NO2S2/c5-9(6,7)4-1-2-8-3-4/h1H,2-3H2,(H2,5,6,7). The second-order valence-electron chi connectivity index (χ2n) is 1.73. The van der Waals surface area contributed by atoms with Gasteiger partial charge >= 0.3 is 0 Å². The van der Waals surface area contributed by atoms with Gasteiger partial charge in [0.25, 0.3) is 0 Å². The number of sulfonamides is 1. The van der Waals surface area contributed by atoms with Gasteiger partial charge in [0.1, 0.15) is 0 Å². The first-order valence-corrected chi connectivity index (χ1v) is 5.10. The van der Waals surface area contributed by atoms with Crippen LogP contribution in [0.15, 0.2) is 11.0 Å². The molecule has 0 radical (unpaired) electrons. The predicted octanol–water partition coefficient (Wildman–Crippen LogP) is -0.0944. The fourth-order valence-corrected chi connectivity index (χ4v) is 2.65. The van der Waals surface area contributed by atoms with E-state index < -0.39 is 10.0 Å². The average molecular weight is 165 g/mol. The van der Waals surface area contributed by atoms with Crippen molar-refractivity contribution in [1.82, 2.24) is 0 Å². The summed E-state index contributed by atoms with van der Waals surface area (Å²) >= 11 is 1.56. The van der Waals surface area contributed by atoms with Crippen LogP contribution in [0.2, 0.25) is 0 Å². The first-order chi connectivity index (χ1) is 4.11. The van der Waals surface area contributed by atoms with Gasteiger partial charge in [0.2, 0.25) is 10.0 Å². The molecule has 9 heavy (non-hydrogen) atoms. The minimum Gasteiger partial charge on any atom is -0.225 e. The molecule has 0 spiro atoms. The van der Waals surface area contributed by atoms with Gasteiger partial charge in [0.05, 0.1) is 4.91 Å². The van der Waals surface area contributed by atoms with Gasteiger partial charge in [-0.1, -0.05) is 6.08 Å². The van der Waals surface area contributed by atoms with Crippen molar-refractivity contribution in [3.8, 4) is 0 Å². The van der Waals surface area contributed by atoms with E-state index in [0.717, 1.165) is 5.75 Å². The van der Waals surface area contributed by atoms with E-state index in [1.807, 2.05) is 0 Å². The van der Waals surface area contributed by atoms with Gasteiger partial charge in [-0.25, -0.2) is 13.6 Å². The van der Waals surface area contributed by atoms with E-state index in [0.29, 0.717) is 10.7 Å². The Morgan fingerprint density at radius 3 is 2.56 bits per heavy atom. The number of thioether (sulfide) groups is 1. The number of rotatable bonds is 1. The molecule has 0 saturated carbocycles. The summed E-state index contributed by atoms with van der Waals surface area (Å²) in [6.45, 7) is 0. The van der Waals surface area contributed by atoms with Crippen molar-refractivity contribution in [2.45, 2.75) is 0 Å². The van der Waals surface area contributed by atoms with E-state index in [2.05, 4.69) is 0 Å². The molecule has 0 amide bonds. The molecule has 5 heteroatoms. The quantitative estimate of drug-likeness (QED) is 0.590. The summed E-state index contributed by atoms with van der Waals surface area (Å²) in [5, 5.41) is 4.83. The van der Waals surface area contributed by atoms with Gasteiger partial charge in [-0.2, -0.15) is 11.8 Å². The molecule has 0 unspecified atom stereocenters. The number of primary sulfonamides is 1. The average Bonchev–Trinajstić information content (AvgIpc) is 2.08. The zero-order valence-corrected chi connectivity index (χ0v) is 6.33. The molecule has 0 aliphatic carbocycles. The number of nitrogens with two attached hydrogens (primary N) is 1. The van der Waals surface area contributed by atoms with Gasteiger partial charge in [0.15, 0.2) is 0 Å². The summed E-state index contributed by atoms with van der Waals surface area (Å²) < 4.78 is 21.1. The Bertz CT molecular complexity index is 229. The summed E-state index contributed by atoms with van der Waals surface area (Å²) in [4.78, 5) is 0.368. The molecule has 1 rings (SSSR count). The largest absolute Gasteiger partial charge is 0.234 e. The van der Waals surface area contributed by atoms with E-state index in [1.165, 1.54) is 0 Å². The Labute approximate surface area is 58.4 Å². The lowest BCUT2D eigenvalue weighted by Gasteiger charge is -1.93. The molecule has 1 aliphatic rings. The molecule has 1 aliphatic heterocycles. The zero-order chi connectivity index (χ0) is 6.91. The summed E-state index contributed by atoms with van der Waals surface area (Å²) in [5.41, 5.74) is 0. The highest BCUT2D eigenvalue weighted by atomic mass is 32.2. The fourth-order valence-electron chi connectivity index (χ4n) is 0.569. The highest BCUT2D eigenvalue weighted by Crippen LogP contribution is 2.19. The highest BCUT2D eigenvalue weighted by molar-refractivity contribution is 8.02. The van der Waals surface area contributed by atoms with Crippen LogP contribution in [-0.4, -0.2) is 19.9 Å². The summed E-state index contributed by atoms with van der Waals surface area (Å²) in [5.74, 6) is 1.31. The monoisotopic (exact) mass is 165 g/mol. The molecule has 0 saturated heterocycles. The Balaban J connectivity index is 2.87. The summed E-state index contributed by atoms with van der Waals surface area (Å²) in [6, 6.07) is 0. The topological polar surface area (TPSA) is 60.2 Å². The van der Waals surface area contributed by atoms with Crippen molar-refractivity contribution in [1.29, 1.82) is 0 Å². The number of hydrogen-bond acceptors (Lipinski definition) is 3. The molecule has 0 fully saturated rings. The van der Waals surface area contributed by atoms with Gasteiger partial charge in [0, 0.05) is 11.5 Å². The zero-order valence-electron chi connectivity index (χ0n) is 4.70. The van der Waals surface area contributed by atoms with Gasteiger partial charge in [-0.15, -0.1) is 0 Å². The molecular weight excluding hydrogens is 158 g/mol. The molecule has 1 heterocycles. The van der Waals surface area contributed by atoms with Crippen molar-refractivity contribution in [3.63, 3.8) is 0 Å². The third-order valence-electron chi connectivity index (χ3n) is 1.04. The predicted molar refractivity (Wildman–Crippen MR) is 38.5 cm³/mol. The highest BCUT2D eigenvalue weighted by Gasteiger charge is 2.14. The number of hydrogen-bond donors (Lipinski definition) is 1. The van der Waals surface area contributed by atoms with E-state index >= 15 is 0 Å². The summed E-state index contributed by atoms with van der Waals surface area (Å²) in [7, 11) is -3.36. The van der Waals surface area contributed by atoms with E-state index in [-0.39, 0.29) is 0 Å². The van der Waals surface area contributed by atoms with E-state index in [1.54, 1.807) is 17.8 Å². The Morgan fingerprint density at radius 2 is 2.33 bits per heavy atom. The molecule has 52 valence electrons. The lowest BCUT2D eigenvalue weighted by atomic mass is 10.6. The van der Waals surface area contributed by atoms with Crippen molar-refractivity contribution in [2.24, 2.45) is 5.14 Å². The molecule has 2 N–H and O–H groups in total. The first-order valence-electron chi connectivity index (χ1n) is 2.40. The van der Waals surface area contributed by atoms with Crippen LogP contribution < -0.4 is 5.14 Å². The van der Waals surface area contributed by atoms with E-state index in [9.17, 15) is 8.42 Å². The minimum absolute atomic E-state index is 0.368. The fraction of sp³-hybridized carbons (Fsp3) is 0.500. The maximum Gasteiger partial charge on any atom is 0.234 e. The smallest absolute Gasteiger partial charge is 0.225 e. The van der Waals surface area contributed by atoms with Gasteiger partial charge < -0.3 is 0 Å². The molecule has 3 nitrogen and oxygen atoms in total. The van der Waals surface area contributed by atoms with Gasteiger partial charge in [-0.3, -0.25) is 0 Å². The molecule has 0 aromatic carbocycles. The maximum atomic E-state index is 10.5. The maximum absolute atomic E-state index is 10.5. The Hall–Kier alpha value is -0.0000000000000000555. The second-order valence-corrected chi connectivity index (χ2v) is 4.38. The normalized spacial score (nSPS) is 19.9. The Morgan fingerprint density at radius 1 is 1.67 bits per heavy atom. The van der Waals surface area contributed by atoms with Crippen LogP contribution >= 0.6 is 11.8 Å². The Kier molecular flexibility index (Phi) is 1.83. The van der Waals surface area contributed by atoms with Crippen molar-refractivity contribution < 1.29 is 8.42 Å². The van der Waals surface area contributed by atoms with Gasteiger partial charge in [-0.05, 0) is 0 Å². The van der Waals surface area contributed by atoms with E-state index in [4.69, 9.17) is 5.14 Å². The first kappa shape index (κ1) is 7.11. The van der Waals surface area contributed by atoms with Crippen LogP contribution in [-0.2, 0) is 10.0 Å². The van der Waals surface area contributed by atoms with Crippen molar-refractivity contribution >= 4 is 21.8 Å². The van der Waals surface area contributed by atoms with Crippen molar-refractivity contribution in [2.75, 3.05) is 11.5 Å². The molecule has 0 atom stereocenters. The molecular formula is C4H7NO2S2.